The van der Waals surface area contributed by atoms with Gasteiger partial charge in [0.05, 0.1) is 6.54 Å². The van der Waals surface area contributed by atoms with Crippen LogP contribution in [0.25, 0.3) is 0 Å². The molecular weight excluding hydrogens is 240 g/mol. The molecule has 0 aliphatic heterocycles. The maximum Gasteiger partial charge on any atom is 0.246 e. The highest BCUT2D eigenvalue weighted by Gasteiger charge is 2.23. The molecule has 1 rings (SSSR count). The first-order valence-corrected chi connectivity index (χ1v) is 7.06. The summed E-state index contributed by atoms with van der Waals surface area (Å²) in [5.41, 5.74) is 0. The van der Waals surface area contributed by atoms with Crippen LogP contribution >= 0.6 is 0 Å². The van der Waals surface area contributed by atoms with Crippen molar-refractivity contribution in [2.45, 2.75) is 31.7 Å². The van der Waals surface area contributed by atoms with Crippen molar-refractivity contribution in [2.75, 3.05) is 20.6 Å². The number of nitrogens with zero attached hydrogens (tertiary/aromatic N) is 1. The molecule has 0 aromatic carbocycles. The van der Waals surface area contributed by atoms with Gasteiger partial charge in [0.1, 0.15) is 16.4 Å². The summed E-state index contributed by atoms with van der Waals surface area (Å²) >= 11 is 0. The number of nitrogens with one attached hydrogen (secondary N) is 1. The highest BCUT2D eigenvalue weighted by Crippen LogP contribution is 2.22. The summed E-state index contributed by atoms with van der Waals surface area (Å²) in [4.78, 5) is 0.246. The van der Waals surface area contributed by atoms with Gasteiger partial charge in [-0.25, -0.2) is 12.7 Å². The Morgan fingerprint density at radius 3 is 2.59 bits per heavy atom. The Labute approximate surface area is 103 Å². The second kappa shape index (κ2) is 5.66. The molecule has 0 saturated carbocycles. The summed E-state index contributed by atoms with van der Waals surface area (Å²) in [5, 5.41) is 3.17. The number of furan rings is 1. The Morgan fingerprint density at radius 2 is 2.06 bits per heavy atom. The smallest absolute Gasteiger partial charge is 0.246 e. The van der Waals surface area contributed by atoms with E-state index in [9.17, 15) is 8.42 Å². The van der Waals surface area contributed by atoms with Crippen LogP contribution in [0.4, 0.5) is 0 Å². The van der Waals surface area contributed by atoms with Gasteiger partial charge in [0.15, 0.2) is 0 Å². The third-order valence-corrected chi connectivity index (χ3v) is 4.33. The molecule has 0 aliphatic rings. The molecule has 1 aromatic rings. The predicted octanol–water partition coefficient (Wildman–Crippen LogP) is 1.34. The Kier molecular flexibility index (Phi) is 4.73. The molecule has 0 atom stereocenters. The minimum atomic E-state index is -3.41. The molecular formula is C11H20N2O3S. The van der Waals surface area contributed by atoms with Gasteiger partial charge in [0, 0.05) is 20.2 Å². The maximum atomic E-state index is 11.9. The second-order valence-corrected chi connectivity index (χ2v) is 6.22. The first-order valence-electron chi connectivity index (χ1n) is 5.62. The predicted molar refractivity (Wildman–Crippen MR) is 66.3 cm³/mol. The Bertz CT molecular complexity index is 463. The number of hydrogen-bond donors (Lipinski definition) is 1. The third-order valence-electron chi connectivity index (χ3n) is 2.41. The van der Waals surface area contributed by atoms with Crippen LogP contribution in [0.3, 0.4) is 0 Å². The van der Waals surface area contributed by atoms with E-state index < -0.39 is 10.0 Å². The molecule has 0 bridgehead atoms. The van der Waals surface area contributed by atoms with Crippen LogP contribution in [0.5, 0.6) is 0 Å². The molecule has 98 valence electrons. The molecule has 17 heavy (non-hydrogen) atoms. The van der Waals surface area contributed by atoms with Gasteiger partial charge >= 0.3 is 0 Å². The lowest BCUT2D eigenvalue weighted by molar-refractivity contribution is 0.455. The lowest BCUT2D eigenvalue weighted by Crippen LogP contribution is -2.22. The van der Waals surface area contributed by atoms with E-state index in [0.29, 0.717) is 18.1 Å². The van der Waals surface area contributed by atoms with Crippen molar-refractivity contribution in [1.82, 2.24) is 9.62 Å². The van der Waals surface area contributed by atoms with E-state index in [2.05, 4.69) is 12.2 Å². The first kappa shape index (κ1) is 14.2. The van der Waals surface area contributed by atoms with Crippen molar-refractivity contribution in [3.63, 3.8) is 0 Å². The van der Waals surface area contributed by atoms with Crippen LogP contribution in [-0.2, 0) is 16.6 Å². The van der Waals surface area contributed by atoms with Crippen molar-refractivity contribution in [1.29, 1.82) is 0 Å². The van der Waals surface area contributed by atoms with E-state index in [1.165, 1.54) is 18.4 Å². The van der Waals surface area contributed by atoms with Crippen molar-refractivity contribution in [3.05, 3.63) is 17.6 Å². The average molecular weight is 260 g/mol. The zero-order valence-electron chi connectivity index (χ0n) is 10.8. The monoisotopic (exact) mass is 260 g/mol. The molecule has 0 spiro atoms. The van der Waals surface area contributed by atoms with Gasteiger partial charge in [-0.3, -0.25) is 0 Å². The standard InChI is InChI=1S/C11H20N2O3S/c1-5-6-12-8-10-7-11(9(2)16-10)17(14,15)13(3)4/h7,12H,5-6,8H2,1-4H3. The van der Waals surface area contributed by atoms with Gasteiger partial charge in [0.2, 0.25) is 10.0 Å². The summed E-state index contributed by atoms with van der Waals surface area (Å²) in [5.74, 6) is 1.09. The molecule has 0 aliphatic carbocycles. The van der Waals surface area contributed by atoms with Crippen LogP contribution in [0, 0.1) is 6.92 Å². The highest BCUT2D eigenvalue weighted by molar-refractivity contribution is 7.89. The summed E-state index contributed by atoms with van der Waals surface area (Å²) in [6.45, 7) is 5.18. The zero-order chi connectivity index (χ0) is 13.1. The second-order valence-electron chi connectivity index (χ2n) is 4.10. The zero-order valence-corrected chi connectivity index (χ0v) is 11.6. The SMILES string of the molecule is CCCNCc1cc(S(=O)(=O)N(C)C)c(C)o1. The van der Waals surface area contributed by atoms with Crippen molar-refractivity contribution in [3.8, 4) is 0 Å². The Morgan fingerprint density at radius 1 is 1.41 bits per heavy atom. The lowest BCUT2D eigenvalue weighted by Gasteiger charge is -2.09. The van der Waals surface area contributed by atoms with Gasteiger partial charge in [0.25, 0.3) is 0 Å². The number of hydrogen-bond acceptors (Lipinski definition) is 4. The normalized spacial score (nSPS) is 12.3. The van der Waals surface area contributed by atoms with E-state index in [0.717, 1.165) is 13.0 Å². The quantitative estimate of drug-likeness (QED) is 0.784. The molecule has 1 N–H and O–H groups in total. The van der Waals surface area contributed by atoms with Crippen LogP contribution in [0.2, 0.25) is 0 Å². The molecule has 1 heterocycles. The fourth-order valence-corrected chi connectivity index (χ4v) is 2.53. The fourth-order valence-electron chi connectivity index (χ4n) is 1.45. The Balaban J connectivity index is 2.89. The average Bonchev–Trinajstić information content (AvgIpc) is 2.60. The van der Waals surface area contributed by atoms with E-state index in [-0.39, 0.29) is 4.90 Å². The van der Waals surface area contributed by atoms with Gasteiger partial charge in [-0.05, 0) is 19.9 Å². The number of rotatable bonds is 6. The van der Waals surface area contributed by atoms with Gasteiger partial charge in [-0.1, -0.05) is 6.92 Å². The minimum Gasteiger partial charge on any atom is -0.464 e. The Hall–Kier alpha value is -0.850. The molecule has 6 heteroatoms. The molecule has 0 unspecified atom stereocenters. The number of aryl methyl sites for hydroxylation is 1. The number of sulfonamides is 1. The summed E-state index contributed by atoms with van der Waals surface area (Å²) < 4.78 is 30.5. The van der Waals surface area contributed by atoms with E-state index in [1.54, 1.807) is 13.0 Å². The summed E-state index contributed by atoms with van der Waals surface area (Å²) in [6.07, 6.45) is 1.03. The van der Waals surface area contributed by atoms with E-state index in [4.69, 9.17) is 4.42 Å². The molecule has 0 fully saturated rings. The largest absolute Gasteiger partial charge is 0.464 e. The molecule has 0 radical (unpaired) electrons. The van der Waals surface area contributed by atoms with Crippen molar-refractivity contribution in [2.24, 2.45) is 0 Å². The van der Waals surface area contributed by atoms with Gasteiger partial charge < -0.3 is 9.73 Å². The topological polar surface area (TPSA) is 62.6 Å². The summed E-state index contributed by atoms with van der Waals surface area (Å²) in [7, 11) is -0.384. The maximum absolute atomic E-state index is 11.9. The van der Waals surface area contributed by atoms with Crippen molar-refractivity contribution >= 4 is 10.0 Å². The molecule has 0 amide bonds. The minimum absolute atomic E-state index is 0.246. The van der Waals surface area contributed by atoms with Crippen LogP contribution in [0.1, 0.15) is 24.9 Å². The van der Waals surface area contributed by atoms with Crippen molar-refractivity contribution < 1.29 is 12.8 Å². The van der Waals surface area contributed by atoms with Gasteiger partial charge in [-0.2, -0.15) is 0 Å². The lowest BCUT2D eigenvalue weighted by atomic mass is 10.4. The van der Waals surface area contributed by atoms with E-state index >= 15 is 0 Å². The highest BCUT2D eigenvalue weighted by atomic mass is 32.2. The summed E-state index contributed by atoms with van der Waals surface area (Å²) in [6, 6.07) is 1.59. The molecule has 1 aromatic heterocycles. The van der Waals surface area contributed by atoms with Gasteiger partial charge in [-0.15, -0.1) is 0 Å². The fraction of sp³-hybridized carbons (Fsp3) is 0.636. The van der Waals surface area contributed by atoms with E-state index in [1.807, 2.05) is 0 Å². The van der Waals surface area contributed by atoms with Crippen LogP contribution in [0.15, 0.2) is 15.4 Å². The third kappa shape index (κ3) is 3.31. The van der Waals surface area contributed by atoms with Crippen LogP contribution in [-0.4, -0.2) is 33.4 Å². The molecule has 5 nitrogen and oxygen atoms in total. The molecule has 0 saturated heterocycles. The first-order chi connectivity index (χ1) is 7.89. The van der Waals surface area contributed by atoms with Crippen LogP contribution < -0.4 is 5.32 Å².